The van der Waals surface area contributed by atoms with E-state index < -0.39 is 5.92 Å². The van der Waals surface area contributed by atoms with Gasteiger partial charge in [0, 0.05) is 30.2 Å². The molecule has 0 radical (unpaired) electrons. The molecule has 0 aromatic carbocycles. The first kappa shape index (κ1) is 16.4. The van der Waals surface area contributed by atoms with Crippen molar-refractivity contribution >= 4 is 11.8 Å². The number of hydrogen-bond acceptors (Lipinski definition) is 3. The molecule has 23 heavy (non-hydrogen) atoms. The summed E-state index contributed by atoms with van der Waals surface area (Å²) in [4.78, 5) is 12.3. The van der Waals surface area contributed by atoms with Crippen molar-refractivity contribution in [3.63, 3.8) is 0 Å². The Balaban J connectivity index is 1.62. The molecule has 0 spiro atoms. The second kappa shape index (κ2) is 6.57. The predicted octanol–water partition coefficient (Wildman–Crippen LogP) is 4.79. The van der Waals surface area contributed by atoms with E-state index in [1.807, 2.05) is 6.92 Å². The number of nitrogens with zero attached hydrogens (tertiary/aromatic N) is 1. The van der Waals surface area contributed by atoms with Crippen LogP contribution in [0.1, 0.15) is 75.0 Å². The summed E-state index contributed by atoms with van der Waals surface area (Å²) < 4.78 is 31.7. The number of anilines is 1. The molecule has 4 nitrogen and oxygen atoms in total. The Labute approximate surface area is 135 Å². The zero-order valence-corrected chi connectivity index (χ0v) is 13.5. The largest absolute Gasteiger partial charge is 0.338 e. The van der Waals surface area contributed by atoms with Gasteiger partial charge in [-0.1, -0.05) is 24.4 Å². The van der Waals surface area contributed by atoms with Gasteiger partial charge in [-0.05, 0) is 32.6 Å². The standard InChI is InChI=1S/C17H24F2N2O2/c1-11-14(12-5-3-2-4-6-12)21-23-16(11)20-15(22)13-7-9-17(18,19)10-8-13/h12-13H,2-10H2,1H3,(H,20,22). The van der Waals surface area contributed by atoms with Gasteiger partial charge in [-0.3, -0.25) is 10.1 Å². The van der Waals surface area contributed by atoms with Gasteiger partial charge < -0.3 is 4.52 Å². The van der Waals surface area contributed by atoms with Crippen molar-refractivity contribution in [2.24, 2.45) is 5.92 Å². The molecular formula is C17H24F2N2O2. The lowest BCUT2D eigenvalue weighted by atomic mass is 9.85. The van der Waals surface area contributed by atoms with Crippen LogP contribution in [0.15, 0.2) is 4.52 Å². The molecule has 1 N–H and O–H groups in total. The number of alkyl halides is 2. The summed E-state index contributed by atoms with van der Waals surface area (Å²) >= 11 is 0. The number of carbonyl (C=O) groups excluding carboxylic acids is 1. The lowest BCUT2D eigenvalue weighted by Crippen LogP contribution is -2.31. The predicted molar refractivity (Wildman–Crippen MR) is 82.6 cm³/mol. The SMILES string of the molecule is Cc1c(C2CCCCC2)noc1NC(=O)C1CCC(F)(F)CC1. The number of amides is 1. The molecule has 0 saturated heterocycles. The third-order valence-electron chi connectivity index (χ3n) is 5.28. The molecule has 0 unspecified atom stereocenters. The fourth-order valence-corrected chi connectivity index (χ4v) is 3.74. The van der Waals surface area contributed by atoms with Crippen LogP contribution in [0.25, 0.3) is 0 Å². The molecule has 0 atom stereocenters. The molecule has 2 aliphatic carbocycles. The highest BCUT2D eigenvalue weighted by molar-refractivity contribution is 5.92. The number of nitrogens with one attached hydrogen (secondary N) is 1. The summed E-state index contributed by atoms with van der Waals surface area (Å²) in [6.07, 6.45) is 5.91. The smallest absolute Gasteiger partial charge is 0.248 e. The molecule has 2 aliphatic rings. The van der Waals surface area contributed by atoms with E-state index >= 15 is 0 Å². The molecule has 2 saturated carbocycles. The highest BCUT2D eigenvalue weighted by atomic mass is 19.3. The van der Waals surface area contributed by atoms with Crippen LogP contribution in [-0.4, -0.2) is 17.0 Å². The van der Waals surface area contributed by atoms with Gasteiger partial charge in [0.05, 0.1) is 5.69 Å². The maximum absolute atomic E-state index is 13.2. The van der Waals surface area contributed by atoms with Gasteiger partial charge in [-0.15, -0.1) is 0 Å². The van der Waals surface area contributed by atoms with Gasteiger partial charge in [0.15, 0.2) is 0 Å². The molecule has 6 heteroatoms. The molecule has 3 rings (SSSR count). The Morgan fingerprint density at radius 3 is 2.48 bits per heavy atom. The molecule has 2 fully saturated rings. The van der Waals surface area contributed by atoms with Crippen molar-refractivity contribution in [1.82, 2.24) is 5.16 Å². The number of rotatable bonds is 3. The van der Waals surface area contributed by atoms with E-state index in [0.717, 1.165) is 24.1 Å². The van der Waals surface area contributed by atoms with E-state index in [2.05, 4.69) is 10.5 Å². The second-order valence-corrected chi connectivity index (χ2v) is 6.98. The van der Waals surface area contributed by atoms with Crippen molar-refractivity contribution in [1.29, 1.82) is 0 Å². The van der Waals surface area contributed by atoms with Gasteiger partial charge in [0.25, 0.3) is 0 Å². The van der Waals surface area contributed by atoms with Gasteiger partial charge in [-0.2, -0.15) is 0 Å². The highest BCUT2D eigenvalue weighted by Gasteiger charge is 2.37. The van der Waals surface area contributed by atoms with Crippen LogP contribution in [0.3, 0.4) is 0 Å². The number of halogens is 2. The lowest BCUT2D eigenvalue weighted by Gasteiger charge is -2.27. The Hall–Kier alpha value is -1.46. The summed E-state index contributed by atoms with van der Waals surface area (Å²) in [5.74, 6) is -2.42. The van der Waals surface area contributed by atoms with E-state index in [-0.39, 0.29) is 37.5 Å². The molecule has 1 aromatic rings. The van der Waals surface area contributed by atoms with Gasteiger partial charge in [-0.25, -0.2) is 8.78 Å². The van der Waals surface area contributed by atoms with Crippen LogP contribution in [-0.2, 0) is 4.79 Å². The average molecular weight is 326 g/mol. The van der Waals surface area contributed by atoms with Crippen LogP contribution in [0.5, 0.6) is 0 Å². The quantitative estimate of drug-likeness (QED) is 0.868. The van der Waals surface area contributed by atoms with E-state index in [9.17, 15) is 13.6 Å². The molecule has 0 aliphatic heterocycles. The second-order valence-electron chi connectivity index (χ2n) is 6.98. The summed E-state index contributed by atoms with van der Waals surface area (Å²) in [6, 6.07) is 0. The summed E-state index contributed by atoms with van der Waals surface area (Å²) in [7, 11) is 0. The fraction of sp³-hybridized carbons (Fsp3) is 0.765. The van der Waals surface area contributed by atoms with Crippen molar-refractivity contribution in [2.75, 3.05) is 5.32 Å². The Morgan fingerprint density at radius 2 is 1.83 bits per heavy atom. The minimum Gasteiger partial charge on any atom is -0.338 e. The van der Waals surface area contributed by atoms with Gasteiger partial charge in [0.1, 0.15) is 0 Å². The van der Waals surface area contributed by atoms with E-state index in [1.165, 1.54) is 19.3 Å². The van der Waals surface area contributed by atoms with Crippen molar-refractivity contribution in [3.8, 4) is 0 Å². The topological polar surface area (TPSA) is 55.1 Å². The fourth-order valence-electron chi connectivity index (χ4n) is 3.74. The monoisotopic (exact) mass is 326 g/mol. The third kappa shape index (κ3) is 3.72. The van der Waals surface area contributed by atoms with Crippen molar-refractivity contribution in [3.05, 3.63) is 11.3 Å². The summed E-state index contributed by atoms with van der Waals surface area (Å²) in [5, 5.41) is 6.90. The van der Waals surface area contributed by atoms with Crippen LogP contribution in [0.2, 0.25) is 0 Å². The molecular weight excluding hydrogens is 302 g/mol. The maximum Gasteiger partial charge on any atom is 0.248 e. The van der Waals surface area contributed by atoms with E-state index in [1.54, 1.807) is 0 Å². The maximum atomic E-state index is 13.2. The first-order chi connectivity index (χ1) is 11.0. The molecule has 1 aromatic heterocycles. The first-order valence-electron chi connectivity index (χ1n) is 8.61. The Morgan fingerprint density at radius 1 is 1.17 bits per heavy atom. The van der Waals surface area contributed by atoms with E-state index in [0.29, 0.717) is 11.8 Å². The zero-order chi connectivity index (χ0) is 16.4. The first-order valence-corrected chi connectivity index (χ1v) is 8.61. The highest BCUT2D eigenvalue weighted by Crippen LogP contribution is 2.38. The van der Waals surface area contributed by atoms with E-state index in [4.69, 9.17) is 4.52 Å². The number of hydrogen-bond donors (Lipinski definition) is 1. The Kier molecular flexibility index (Phi) is 4.69. The van der Waals surface area contributed by atoms with Crippen LogP contribution in [0.4, 0.5) is 14.7 Å². The molecule has 128 valence electrons. The molecule has 1 heterocycles. The molecule has 1 amide bonds. The minimum atomic E-state index is -2.62. The third-order valence-corrected chi connectivity index (χ3v) is 5.28. The normalized spacial score (nSPS) is 22.9. The minimum absolute atomic E-state index is 0.214. The van der Waals surface area contributed by atoms with Crippen LogP contribution < -0.4 is 5.32 Å². The van der Waals surface area contributed by atoms with Gasteiger partial charge >= 0.3 is 0 Å². The number of aromatic nitrogens is 1. The van der Waals surface area contributed by atoms with Crippen molar-refractivity contribution in [2.45, 2.75) is 76.6 Å². The molecule has 0 bridgehead atoms. The summed E-state index contributed by atoms with van der Waals surface area (Å²) in [6.45, 7) is 1.91. The number of carbonyl (C=O) groups is 1. The lowest BCUT2D eigenvalue weighted by molar-refractivity contribution is -0.124. The van der Waals surface area contributed by atoms with Crippen LogP contribution >= 0.6 is 0 Å². The van der Waals surface area contributed by atoms with Crippen molar-refractivity contribution < 1.29 is 18.1 Å². The zero-order valence-electron chi connectivity index (χ0n) is 13.5. The van der Waals surface area contributed by atoms with Gasteiger partial charge in [0.2, 0.25) is 17.7 Å². The summed E-state index contributed by atoms with van der Waals surface area (Å²) in [5.41, 5.74) is 1.82. The average Bonchev–Trinajstić information content (AvgIpc) is 2.89. The Bertz CT molecular complexity index is 555. The van der Waals surface area contributed by atoms with Crippen LogP contribution in [0, 0.1) is 12.8 Å².